The number of fused-ring (bicyclic) bond motifs is 1. The number of carbonyl (C=O) groups excluding carboxylic acids is 2. The van der Waals surface area contributed by atoms with Gasteiger partial charge in [-0.3, -0.25) is 9.59 Å². The molecule has 0 radical (unpaired) electrons. The van der Waals surface area contributed by atoms with Crippen molar-refractivity contribution in [2.45, 2.75) is 25.8 Å². The summed E-state index contributed by atoms with van der Waals surface area (Å²) in [7, 11) is -1.56. The number of benzene rings is 2. The van der Waals surface area contributed by atoms with Crippen LogP contribution in [0.4, 0.5) is 5.82 Å². The minimum absolute atomic E-state index is 0.0775. The zero-order valence-corrected chi connectivity index (χ0v) is 18.0. The summed E-state index contributed by atoms with van der Waals surface area (Å²) in [5.74, 6) is -0.462. The molecule has 10 heteroatoms. The molecule has 1 aliphatic rings. The molecule has 0 aliphatic heterocycles. The third kappa shape index (κ3) is 4.57. The molecule has 1 aliphatic carbocycles. The van der Waals surface area contributed by atoms with Gasteiger partial charge in [-0.05, 0) is 40.6 Å². The highest BCUT2D eigenvalue weighted by Crippen LogP contribution is 2.42. The standard InChI is InChI=1S/C23H24BN5O4/c1-12-8-17-15(6-3-7-16(17)21(25)30)20(12)23-28-18(22(26)31)10-19(29-23)27-11-13-4-2-5-14(9-13)24(32)33/h2-7,9-10,12,20,32-33H,8,11H2,1H3,(H2,25,30)(H2,26,31)(H,27,28,29). The van der Waals surface area contributed by atoms with Crippen LogP contribution in [0.15, 0.2) is 48.5 Å². The van der Waals surface area contributed by atoms with Crippen LogP contribution in [0.5, 0.6) is 0 Å². The lowest BCUT2D eigenvalue weighted by Crippen LogP contribution is -2.30. The fraction of sp³-hybridized carbons (Fsp3) is 0.217. The second kappa shape index (κ2) is 9.01. The molecule has 9 nitrogen and oxygen atoms in total. The molecule has 1 heterocycles. The van der Waals surface area contributed by atoms with Crippen LogP contribution in [-0.2, 0) is 13.0 Å². The highest BCUT2D eigenvalue weighted by molar-refractivity contribution is 6.58. The largest absolute Gasteiger partial charge is 0.488 e. The molecule has 2 atom stereocenters. The maximum atomic E-state index is 12.0. The van der Waals surface area contributed by atoms with E-state index in [1.165, 1.54) is 6.07 Å². The van der Waals surface area contributed by atoms with Crippen molar-refractivity contribution in [1.29, 1.82) is 0 Å². The molecule has 168 valence electrons. The van der Waals surface area contributed by atoms with Gasteiger partial charge in [-0.2, -0.15) is 0 Å². The summed E-state index contributed by atoms with van der Waals surface area (Å²) in [4.78, 5) is 32.9. The number of aromatic nitrogens is 2. The monoisotopic (exact) mass is 445 g/mol. The summed E-state index contributed by atoms with van der Waals surface area (Å²) in [6.45, 7) is 2.37. The van der Waals surface area contributed by atoms with Crippen molar-refractivity contribution in [3.05, 3.63) is 82.3 Å². The molecule has 4 rings (SSSR count). The number of hydrogen-bond acceptors (Lipinski definition) is 7. The van der Waals surface area contributed by atoms with E-state index in [1.54, 1.807) is 30.3 Å². The van der Waals surface area contributed by atoms with E-state index in [9.17, 15) is 19.6 Å². The first-order valence-electron chi connectivity index (χ1n) is 10.5. The van der Waals surface area contributed by atoms with Gasteiger partial charge in [0, 0.05) is 24.1 Å². The molecule has 7 N–H and O–H groups in total. The minimum Gasteiger partial charge on any atom is -0.423 e. The molecule has 0 saturated heterocycles. The van der Waals surface area contributed by atoms with Crippen molar-refractivity contribution >= 4 is 30.2 Å². The normalized spacial score (nSPS) is 16.8. The average molecular weight is 445 g/mol. The van der Waals surface area contributed by atoms with Gasteiger partial charge in [-0.15, -0.1) is 0 Å². The van der Waals surface area contributed by atoms with E-state index in [2.05, 4.69) is 15.3 Å². The third-order valence-corrected chi connectivity index (χ3v) is 5.90. The lowest BCUT2D eigenvalue weighted by molar-refractivity contribution is 0.0988. The number of amides is 2. The number of nitrogens with one attached hydrogen (secondary N) is 1. The molecule has 2 unspecified atom stereocenters. The maximum Gasteiger partial charge on any atom is 0.488 e. The van der Waals surface area contributed by atoms with Crippen molar-refractivity contribution in [3.63, 3.8) is 0 Å². The molecule has 0 fully saturated rings. The Labute approximate surface area is 191 Å². The van der Waals surface area contributed by atoms with Crippen LogP contribution in [0.25, 0.3) is 0 Å². The SMILES string of the molecule is CC1Cc2c(C(N)=O)cccc2C1c1nc(NCc2cccc(B(O)O)c2)cc(C(N)=O)n1. The summed E-state index contributed by atoms with van der Waals surface area (Å²) in [6.07, 6.45) is 0.641. The molecular weight excluding hydrogens is 421 g/mol. The minimum atomic E-state index is -1.56. The molecule has 2 aromatic carbocycles. The Balaban J connectivity index is 1.68. The average Bonchev–Trinajstić information content (AvgIpc) is 3.13. The van der Waals surface area contributed by atoms with E-state index < -0.39 is 18.9 Å². The highest BCUT2D eigenvalue weighted by atomic mass is 16.4. The first-order valence-corrected chi connectivity index (χ1v) is 10.5. The molecular formula is C23H24BN5O4. The van der Waals surface area contributed by atoms with Crippen LogP contribution in [0.2, 0.25) is 0 Å². The highest BCUT2D eigenvalue weighted by Gasteiger charge is 2.35. The zero-order valence-electron chi connectivity index (χ0n) is 18.0. The van der Waals surface area contributed by atoms with Gasteiger partial charge in [0.25, 0.3) is 5.91 Å². The molecule has 0 spiro atoms. The Hall–Kier alpha value is -3.76. The second-order valence-corrected chi connectivity index (χ2v) is 8.23. The summed E-state index contributed by atoms with van der Waals surface area (Å²) in [5.41, 5.74) is 14.6. The van der Waals surface area contributed by atoms with Gasteiger partial charge in [0.05, 0.1) is 0 Å². The smallest absolute Gasteiger partial charge is 0.423 e. The Morgan fingerprint density at radius 1 is 1.09 bits per heavy atom. The third-order valence-electron chi connectivity index (χ3n) is 5.90. The summed E-state index contributed by atoms with van der Waals surface area (Å²) in [5, 5.41) is 21.9. The van der Waals surface area contributed by atoms with Crippen LogP contribution >= 0.6 is 0 Å². The van der Waals surface area contributed by atoms with Gasteiger partial charge in [0.2, 0.25) is 5.91 Å². The van der Waals surface area contributed by atoms with Crippen LogP contribution in [0.1, 0.15) is 56.2 Å². The number of anilines is 1. The molecule has 1 aromatic heterocycles. The van der Waals surface area contributed by atoms with E-state index in [0.29, 0.717) is 35.6 Å². The van der Waals surface area contributed by atoms with Gasteiger partial charge in [0.15, 0.2) is 0 Å². The quantitative estimate of drug-likeness (QED) is 0.326. The number of primary amides is 2. The molecule has 33 heavy (non-hydrogen) atoms. The van der Waals surface area contributed by atoms with Gasteiger partial charge >= 0.3 is 7.12 Å². The van der Waals surface area contributed by atoms with Gasteiger partial charge in [-0.1, -0.05) is 43.3 Å². The Morgan fingerprint density at radius 3 is 2.55 bits per heavy atom. The van der Waals surface area contributed by atoms with Crippen LogP contribution in [0, 0.1) is 5.92 Å². The lowest BCUT2D eigenvalue weighted by Gasteiger charge is -2.17. The number of nitrogens with two attached hydrogens (primary N) is 2. The van der Waals surface area contributed by atoms with Gasteiger partial charge < -0.3 is 26.8 Å². The molecule has 2 amide bonds. The van der Waals surface area contributed by atoms with Crippen LogP contribution < -0.4 is 22.2 Å². The Bertz CT molecular complexity index is 1230. The maximum absolute atomic E-state index is 12.0. The predicted molar refractivity (Wildman–Crippen MR) is 124 cm³/mol. The Kier molecular flexibility index (Phi) is 6.12. The summed E-state index contributed by atoms with van der Waals surface area (Å²) >= 11 is 0. The Morgan fingerprint density at radius 2 is 1.85 bits per heavy atom. The van der Waals surface area contributed by atoms with Gasteiger partial charge in [-0.25, -0.2) is 9.97 Å². The first kappa shape index (κ1) is 22.4. The van der Waals surface area contributed by atoms with E-state index in [4.69, 9.17) is 11.5 Å². The number of rotatable bonds is 7. The fourth-order valence-corrected chi connectivity index (χ4v) is 4.37. The van der Waals surface area contributed by atoms with Crippen molar-refractivity contribution < 1.29 is 19.6 Å². The van der Waals surface area contributed by atoms with E-state index >= 15 is 0 Å². The van der Waals surface area contributed by atoms with E-state index in [1.807, 2.05) is 19.1 Å². The zero-order chi connectivity index (χ0) is 23.7. The van der Waals surface area contributed by atoms with Gasteiger partial charge in [0.1, 0.15) is 17.3 Å². The number of hydrogen-bond donors (Lipinski definition) is 5. The molecule has 0 saturated carbocycles. The lowest BCUT2D eigenvalue weighted by atomic mass is 9.80. The van der Waals surface area contributed by atoms with Crippen LogP contribution in [-0.4, -0.2) is 38.9 Å². The predicted octanol–water partition coefficient (Wildman–Crippen LogP) is 0.290. The summed E-state index contributed by atoms with van der Waals surface area (Å²) < 4.78 is 0. The second-order valence-electron chi connectivity index (χ2n) is 8.23. The van der Waals surface area contributed by atoms with E-state index in [-0.39, 0.29) is 17.5 Å². The van der Waals surface area contributed by atoms with E-state index in [0.717, 1.165) is 16.7 Å². The number of nitrogens with zero attached hydrogens (tertiary/aromatic N) is 2. The number of carbonyl (C=O) groups is 2. The van der Waals surface area contributed by atoms with Crippen molar-refractivity contribution in [1.82, 2.24) is 9.97 Å². The van der Waals surface area contributed by atoms with Crippen molar-refractivity contribution in [3.8, 4) is 0 Å². The summed E-state index contributed by atoms with van der Waals surface area (Å²) in [6, 6.07) is 13.7. The van der Waals surface area contributed by atoms with Crippen molar-refractivity contribution in [2.24, 2.45) is 17.4 Å². The fourth-order valence-electron chi connectivity index (χ4n) is 4.37. The first-order chi connectivity index (χ1) is 15.7. The van der Waals surface area contributed by atoms with Crippen molar-refractivity contribution in [2.75, 3.05) is 5.32 Å². The molecule has 3 aromatic rings. The topological polar surface area (TPSA) is 164 Å². The molecule has 0 bridgehead atoms. The van der Waals surface area contributed by atoms with Crippen LogP contribution in [0.3, 0.4) is 0 Å².